The van der Waals surface area contributed by atoms with Gasteiger partial charge in [0.05, 0.1) is 0 Å². The quantitative estimate of drug-likeness (QED) is 0.782. The van der Waals surface area contributed by atoms with E-state index >= 15 is 0 Å². The first-order chi connectivity index (χ1) is 6.27. The van der Waals surface area contributed by atoms with Crippen molar-refractivity contribution in [3.63, 3.8) is 0 Å². The van der Waals surface area contributed by atoms with E-state index in [1.54, 1.807) is 11.3 Å². The molecular weight excluding hydrogens is 180 g/mol. The van der Waals surface area contributed by atoms with Crippen LogP contribution in [0.3, 0.4) is 0 Å². The van der Waals surface area contributed by atoms with E-state index in [9.17, 15) is 0 Å². The van der Waals surface area contributed by atoms with Crippen molar-refractivity contribution < 1.29 is 0 Å². The number of anilines is 1. The van der Waals surface area contributed by atoms with Crippen molar-refractivity contribution in [1.82, 2.24) is 4.40 Å². The third-order valence-corrected chi connectivity index (χ3v) is 3.37. The summed E-state index contributed by atoms with van der Waals surface area (Å²) in [4.78, 5) is 1.27. The van der Waals surface area contributed by atoms with Crippen LogP contribution in [0.5, 0.6) is 0 Å². The third kappa shape index (κ3) is 1.15. The highest BCUT2D eigenvalue weighted by Gasteiger charge is 2.09. The molecule has 2 nitrogen and oxygen atoms in total. The Bertz CT molecular complexity index is 425. The van der Waals surface area contributed by atoms with Crippen LogP contribution in [0, 0.1) is 0 Å². The van der Waals surface area contributed by atoms with Gasteiger partial charge in [0.1, 0.15) is 10.6 Å². The van der Waals surface area contributed by atoms with Crippen LogP contribution in [-0.4, -0.2) is 4.40 Å². The lowest BCUT2D eigenvalue weighted by Crippen LogP contribution is -1.97. The van der Waals surface area contributed by atoms with E-state index in [4.69, 9.17) is 5.73 Å². The molecule has 13 heavy (non-hydrogen) atoms. The number of aromatic nitrogens is 1. The fourth-order valence-corrected chi connectivity index (χ4v) is 2.70. The zero-order chi connectivity index (χ0) is 9.42. The topological polar surface area (TPSA) is 30.4 Å². The van der Waals surface area contributed by atoms with E-state index in [0.717, 1.165) is 18.7 Å². The highest BCUT2D eigenvalue weighted by atomic mass is 32.1. The summed E-state index contributed by atoms with van der Waals surface area (Å²) in [5.74, 6) is 0.926. The predicted molar refractivity (Wildman–Crippen MR) is 58.4 cm³/mol. The summed E-state index contributed by atoms with van der Waals surface area (Å²) in [5.41, 5.74) is 8.62. The van der Waals surface area contributed by atoms with Gasteiger partial charge in [0.15, 0.2) is 0 Å². The number of hydrogen-bond acceptors (Lipinski definition) is 2. The Kier molecular flexibility index (Phi) is 2.04. The Balaban J connectivity index is 2.72. The zero-order valence-electron chi connectivity index (χ0n) is 8.00. The Morgan fingerprint density at radius 3 is 2.77 bits per heavy atom. The van der Waals surface area contributed by atoms with Gasteiger partial charge in [0.2, 0.25) is 0 Å². The molecule has 0 aliphatic rings. The van der Waals surface area contributed by atoms with Gasteiger partial charge >= 0.3 is 0 Å². The van der Waals surface area contributed by atoms with Gasteiger partial charge in [-0.05, 0) is 24.5 Å². The Hall–Kier alpha value is -0.960. The third-order valence-electron chi connectivity index (χ3n) is 2.43. The molecule has 3 heteroatoms. The van der Waals surface area contributed by atoms with Gasteiger partial charge in [-0.3, -0.25) is 4.40 Å². The number of nitrogens with two attached hydrogens (primary N) is 1. The molecule has 2 heterocycles. The second kappa shape index (κ2) is 3.07. The largest absolute Gasteiger partial charge is 0.385 e. The standard InChI is InChI=1S/C10H14N2S/c1-3-7-5-9-12(10(7)11)8(4-2)6-13-9/h5-6H,3-4,11H2,1-2H3. The first-order valence-electron chi connectivity index (χ1n) is 4.64. The molecule has 2 N–H and O–H groups in total. The molecule has 0 radical (unpaired) electrons. The molecule has 0 aliphatic heterocycles. The average molecular weight is 194 g/mol. The number of nitrogen functional groups attached to an aromatic ring is 1. The van der Waals surface area contributed by atoms with E-state index in [2.05, 4.69) is 29.7 Å². The first kappa shape index (κ1) is 8.63. The summed E-state index contributed by atoms with van der Waals surface area (Å²) in [6, 6.07) is 2.19. The summed E-state index contributed by atoms with van der Waals surface area (Å²) < 4.78 is 2.17. The summed E-state index contributed by atoms with van der Waals surface area (Å²) in [6.45, 7) is 4.30. The Labute approximate surface area is 82.0 Å². The molecule has 0 bridgehead atoms. The van der Waals surface area contributed by atoms with Crippen molar-refractivity contribution >= 4 is 22.0 Å². The van der Waals surface area contributed by atoms with Crippen molar-refractivity contribution in [1.29, 1.82) is 0 Å². The number of rotatable bonds is 2. The number of aryl methyl sites for hydroxylation is 2. The van der Waals surface area contributed by atoms with Gasteiger partial charge in [-0.25, -0.2) is 0 Å². The highest BCUT2D eigenvalue weighted by molar-refractivity contribution is 7.15. The molecule has 0 saturated carbocycles. The van der Waals surface area contributed by atoms with E-state index in [1.807, 2.05) is 0 Å². The van der Waals surface area contributed by atoms with Gasteiger partial charge in [-0.1, -0.05) is 13.8 Å². The maximum absolute atomic E-state index is 6.04. The van der Waals surface area contributed by atoms with E-state index in [-0.39, 0.29) is 0 Å². The van der Waals surface area contributed by atoms with Crippen LogP contribution in [0.4, 0.5) is 5.82 Å². The van der Waals surface area contributed by atoms with Gasteiger partial charge in [0.25, 0.3) is 0 Å². The highest BCUT2D eigenvalue weighted by Crippen LogP contribution is 2.26. The SMILES string of the molecule is CCc1cc2scc(CC)n2c1N. The lowest BCUT2D eigenvalue weighted by Gasteiger charge is -1.99. The van der Waals surface area contributed by atoms with Gasteiger partial charge in [0, 0.05) is 11.1 Å². The Morgan fingerprint density at radius 2 is 2.15 bits per heavy atom. The molecule has 70 valence electrons. The molecule has 0 aliphatic carbocycles. The van der Waals surface area contributed by atoms with E-state index in [0.29, 0.717) is 0 Å². The summed E-state index contributed by atoms with van der Waals surface area (Å²) in [5, 5.41) is 2.19. The molecule has 0 unspecified atom stereocenters. The van der Waals surface area contributed by atoms with Crippen molar-refractivity contribution in [3.05, 3.63) is 22.7 Å². The Morgan fingerprint density at radius 1 is 1.38 bits per heavy atom. The smallest absolute Gasteiger partial charge is 0.112 e. The molecule has 0 spiro atoms. The van der Waals surface area contributed by atoms with Crippen molar-refractivity contribution in [3.8, 4) is 0 Å². The number of thiazole rings is 1. The summed E-state index contributed by atoms with van der Waals surface area (Å²) in [6.07, 6.45) is 2.06. The molecule has 0 aromatic carbocycles. The first-order valence-corrected chi connectivity index (χ1v) is 5.52. The monoisotopic (exact) mass is 194 g/mol. The van der Waals surface area contributed by atoms with Crippen LogP contribution >= 0.6 is 11.3 Å². The van der Waals surface area contributed by atoms with Crippen LogP contribution in [0.25, 0.3) is 4.83 Å². The van der Waals surface area contributed by atoms with Crippen LogP contribution < -0.4 is 5.73 Å². The molecular formula is C10H14N2S. The van der Waals surface area contributed by atoms with Gasteiger partial charge in [-0.2, -0.15) is 0 Å². The number of fused-ring (bicyclic) bond motifs is 1. The van der Waals surface area contributed by atoms with Crippen LogP contribution in [0.15, 0.2) is 11.4 Å². The van der Waals surface area contributed by atoms with Crippen molar-refractivity contribution in [2.24, 2.45) is 0 Å². The normalized spacial score (nSPS) is 11.2. The van der Waals surface area contributed by atoms with Crippen molar-refractivity contribution in [2.75, 3.05) is 5.73 Å². The molecule has 0 atom stereocenters. The van der Waals surface area contributed by atoms with Gasteiger partial charge in [-0.15, -0.1) is 11.3 Å². The summed E-state index contributed by atoms with van der Waals surface area (Å²) in [7, 11) is 0. The maximum Gasteiger partial charge on any atom is 0.112 e. The summed E-state index contributed by atoms with van der Waals surface area (Å²) >= 11 is 1.77. The lowest BCUT2D eigenvalue weighted by atomic mass is 10.2. The molecule has 2 aromatic heterocycles. The molecule has 0 saturated heterocycles. The number of nitrogens with zero attached hydrogens (tertiary/aromatic N) is 1. The molecule has 0 fully saturated rings. The fourth-order valence-electron chi connectivity index (χ4n) is 1.64. The number of hydrogen-bond donors (Lipinski definition) is 1. The van der Waals surface area contributed by atoms with E-state index < -0.39 is 0 Å². The van der Waals surface area contributed by atoms with E-state index in [1.165, 1.54) is 16.1 Å². The average Bonchev–Trinajstić information content (AvgIpc) is 2.66. The minimum Gasteiger partial charge on any atom is -0.385 e. The second-order valence-electron chi connectivity index (χ2n) is 3.16. The van der Waals surface area contributed by atoms with Crippen LogP contribution in [-0.2, 0) is 12.8 Å². The minimum absolute atomic E-state index is 0.926. The fraction of sp³-hybridized carbons (Fsp3) is 0.400. The van der Waals surface area contributed by atoms with Crippen LogP contribution in [0.1, 0.15) is 25.1 Å². The molecule has 2 aromatic rings. The predicted octanol–water partition coefficient (Wildman–Crippen LogP) is 2.71. The van der Waals surface area contributed by atoms with Crippen molar-refractivity contribution in [2.45, 2.75) is 26.7 Å². The molecule has 2 rings (SSSR count). The lowest BCUT2D eigenvalue weighted by molar-refractivity contribution is 1.00. The minimum atomic E-state index is 0.926. The van der Waals surface area contributed by atoms with Crippen LogP contribution in [0.2, 0.25) is 0 Å². The maximum atomic E-state index is 6.04. The zero-order valence-corrected chi connectivity index (χ0v) is 8.82. The van der Waals surface area contributed by atoms with Gasteiger partial charge < -0.3 is 5.73 Å². The second-order valence-corrected chi connectivity index (χ2v) is 4.05. The molecule has 0 amide bonds.